The standard InChI is InChI=1S/C22H27BrN2O3/c1-16-3-5-17(6-4-16)20(25-9-11-28-12-10-25)14-24-15-21(26)18-7-8-22(27-2)19(23)13-18/h3-8,13,20,24H,9-12,14-15H2,1-2H3. The van der Waals surface area contributed by atoms with Crippen molar-refractivity contribution in [1.82, 2.24) is 10.2 Å². The van der Waals surface area contributed by atoms with E-state index in [-0.39, 0.29) is 11.8 Å². The molecule has 0 radical (unpaired) electrons. The molecule has 1 aliphatic heterocycles. The van der Waals surface area contributed by atoms with Crippen molar-refractivity contribution in [2.75, 3.05) is 46.5 Å². The maximum atomic E-state index is 12.6. The van der Waals surface area contributed by atoms with Crippen LogP contribution in [0.25, 0.3) is 0 Å². The Labute approximate surface area is 175 Å². The van der Waals surface area contributed by atoms with Gasteiger partial charge in [0.1, 0.15) is 5.75 Å². The molecule has 1 N–H and O–H groups in total. The van der Waals surface area contributed by atoms with Crippen molar-refractivity contribution in [2.45, 2.75) is 13.0 Å². The number of Topliss-reactive ketones (excluding diaryl/α,β-unsaturated/α-hetero) is 1. The highest BCUT2D eigenvalue weighted by atomic mass is 79.9. The van der Waals surface area contributed by atoms with Gasteiger partial charge in [-0.3, -0.25) is 9.69 Å². The summed E-state index contributed by atoms with van der Waals surface area (Å²) in [5, 5.41) is 3.36. The zero-order valence-electron chi connectivity index (χ0n) is 16.4. The topological polar surface area (TPSA) is 50.8 Å². The summed E-state index contributed by atoms with van der Waals surface area (Å²) in [5.74, 6) is 0.782. The first-order valence-corrected chi connectivity index (χ1v) is 10.3. The van der Waals surface area contributed by atoms with Gasteiger partial charge in [-0.1, -0.05) is 29.8 Å². The Morgan fingerprint density at radius 3 is 2.57 bits per heavy atom. The van der Waals surface area contributed by atoms with Crippen molar-refractivity contribution in [3.63, 3.8) is 0 Å². The number of carbonyl (C=O) groups is 1. The van der Waals surface area contributed by atoms with Gasteiger partial charge in [-0.15, -0.1) is 0 Å². The molecule has 5 nitrogen and oxygen atoms in total. The van der Waals surface area contributed by atoms with Gasteiger partial charge in [0.15, 0.2) is 5.78 Å². The highest BCUT2D eigenvalue weighted by molar-refractivity contribution is 9.10. The Bertz CT molecular complexity index is 789. The van der Waals surface area contributed by atoms with E-state index in [0.29, 0.717) is 18.7 Å². The van der Waals surface area contributed by atoms with Crippen molar-refractivity contribution < 1.29 is 14.3 Å². The molecule has 1 saturated heterocycles. The lowest BCUT2D eigenvalue weighted by Crippen LogP contribution is -2.43. The van der Waals surface area contributed by atoms with Gasteiger partial charge >= 0.3 is 0 Å². The number of nitrogens with zero attached hydrogens (tertiary/aromatic N) is 1. The third-order valence-electron chi connectivity index (χ3n) is 5.05. The van der Waals surface area contributed by atoms with Crippen molar-refractivity contribution >= 4 is 21.7 Å². The number of hydrogen-bond donors (Lipinski definition) is 1. The van der Waals surface area contributed by atoms with Crippen LogP contribution in [0.4, 0.5) is 0 Å². The minimum atomic E-state index is 0.0630. The lowest BCUT2D eigenvalue weighted by Gasteiger charge is -2.35. The molecule has 6 heteroatoms. The van der Waals surface area contributed by atoms with E-state index in [9.17, 15) is 4.79 Å². The number of ether oxygens (including phenoxy) is 2. The van der Waals surface area contributed by atoms with Crippen LogP contribution in [0.1, 0.15) is 27.5 Å². The third-order valence-corrected chi connectivity index (χ3v) is 5.67. The van der Waals surface area contributed by atoms with Gasteiger partial charge in [0.05, 0.1) is 31.3 Å². The van der Waals surface area contributed by atoms with Crippen molar-refractivity contribution in [3.05, 3.63) is 63.6 Å². The maximum Gasteiger partial charge on any atom is 0.176 e. The van der Waals surface area contributed by atoms with Gasteiger partial charge in [0.2, 0.25) is 0 Å². The molecule has 28 heavy (non-hydrogen) atoms. The Balaban J connectivity index is 1.63. The number of rotatable bonds is 8. The molecule has 0 bridgehead atoms. The predicted molar refractivity (Wildman–Crippen MR) is 114 cm³/mol. The average Bonchev–Trinajstić information content (AvgIpc) is 2.72. The number of ketones is 1. The molecule has 1 heterocycles. The second kappa shape index (κ2) is 10.2. The van der Waals surface area contributed by atoms with Gasteiger partial charge in [-0.05, 0) is 46.6 Å². The molecular formula is C22H27BrN2O3. The first-order valence-electron chi connectivity index (χ1n) is 9.54. The van der Waals surface area contributed by atoms with Crippen LogP contribution >= 0.6 is 15.9 Å². The molecule has 0 aliphatic carbocycles. The van der Waals surface area contributed by atoms with Gasteiger partial charge in [-0.25, -0.2) is 0 Å². The van der Waals surface area contributed by atoms with Crippen molar-refractivity contribution in [3.8, 4) is 5.75 Å². The molecule has 3 rings (SSSR count). The minimum absolute atomic E-state index is 0.0630. The van der Waals surface area contributed by atoms with E-state index < -0.39 is 0 Å². The van der Waals surface area contributed by atoms with Crippen LogP contribution in [-0.4, -0.2) is 57.2 Å². The second-order valence-electron chi connectivity index (χ2n) is 6.98. The number of carbonyl (C=O) groups excluding carboxylic acids is 1. The summed E-state index contributed by atoms with van der Waals surface area (Å²) in [6.45, 7) is 6.41. The van der Waals surface area contributed by atoms with E-state index in [0.717, 1.165) is 36.5 Å². The summed E-state index contributed by atoms with van der Waals surface area (Å²) in [6.07, 6.45) is 0. The van der Waals surface area contributed by atoms with E-state index >= 15 is 0 Å². The number of methoxy groups -OCH3 is 1. The second-order valence-corrected chi connectivity index (χ2v) is 7.83. The molecule has 1 unspecified atom stereocenters. The highest BCUT2D eigenvalue weighted by Gasteiger charge is 2.22. The first kappa shape index (κ1) is 21.0. The fraction of sp³-hybridized carbons (Fsp3) is 0.409. The van der Waals surface area contributed by atoms with Crippen molar-refractivity contribution in [1.29, 1.82) is 0 Å². The van der Waals surface area contributed by atoms with Crippen LogP contribution in [0, 0.1) is 6.92 Å². The molecule has 0 amide bonds. The summed E-state index contributed by atoms with van der Waals surface area (Å²) in [7, 11) is 1.61. The first-order chi connectivity index (χ1) is 13.6. The number of morpholine rings is 1. The zero-order chi connectivity index (χ0) is 19.9. The largest absolute Gasteiger partial charge is 0.496 e. The summed E-state index contributed by atoms with van der Waals surface area (Å²) in [6, 6.07) is 14.3. The van der Waals surface area contributed by atoms with Crippen LogP contribution in [0.15, 0.2) is 46.9 Å². The van der Waals surface area contributed by atoms with Crippen molar-refractivity contribution in [2.24, 2.45) is 0 Å². The summed E-state index contributed by atoms with van der Waals surface area (Å²) >= 11 is 3.44. The molecule has 0 aromatic heterocycles. The van der Waals surface area contributed by atoms with E-state index in [2.05, 4.69) is 57.3 Å². The minimum Gasteiger partial charge on any atom is -0.496 e. The number of halogens is 1. The van der Waals surface area contributed by atoms with E-state index in [1.807, 2.05) is 6.07 Å². The zero-order valence-corrected chi connectivity index (χ0v) is 18.0. The molecule has 2 aromatic rings. The molecule has 0 saturated carbocycles. The molecule has 150 valence electrons. The lowest BCUT2D eigenvalue weighted by atomic mass is 10.0. The van der Waals surface area contributed by atoms with Crippen LogP contribution < -0.4 is 10.1 Å². The monoisotopic (exact) mass is 446 g/mol. The smallest absolute Gasteiger partial charge is 0.176 e. The normalized spacial score (nSPS) is 16.0. The predicted octanol–water partition coefficient (Wildman–Crippen LogP) is 3.61. The SMILES string of the molecule is COc1ccc(C(=O)CNCC(c2ccc(C)cc2)N2CCOCC2)cc1Br. The quantitative estimate of drug-likeness (QED) is 0.627. The van der Waals surface area contributed by atoms with Gasteiger partial charge in [0.25, 0.3) is 0 Å². The fourth-order valence-electron chi connectivity index (χ4n) is 3.40. The Morgan fingerprint density at radius 2 is 1.93 bits per heavy atom. The fourth-order valence-corrected chi connectivity index (χ4v) is 3.94. The summed E-state index contributed by atoms with van der Waals surface area (Å²) < 4.78 is 11.5. The van der Waals surface area contributed by atoms with Gasteiger partial charge in [-0.2, -0.15) is 0 Å². The van der Waals surface area contributed by atoms with Gasteiger partial charge in [0, 0.05) is 31.2 Å². The van der Waals surface area contributed by atoms with Crippen LogP contribution in [0.2, 0.25) is 0 Å². The molecular weight excluding hydrogens is 420 g/mol. The summed E-state index contributed by atoms with van der Waals surface area (Å²) in [5.41, 5.74) is 3.18. The highest BCUT2D eigenvalue weighted by Crippen LogP contribution is 2.26. The Kier molecular flexibility index (Phi) is 7.62. The maximum absolute atomic E-state index is 12.6. The number of aryl methyl sites for hydroxylation is 1. The van der Waals surface area contributed by atoms with Crippen LogP contribution in [0.5, 0.6) is 5.75 Å². The molecule has 1 atom stereocenters. The summed E-state index contributed by atoms with van der Waals surface area (Å²) in [4.78, 5) is 15.0. The molecule has 0 spiro atoms. The number of hydrogen-bond acceptors (Lipinski definition) is 5. The molecule has 2 aromatic carbocycles. The Morgan fingerprint density at radius 1 is 1.21 bits per heavy atom. The van der Waals surface area contributed by atoms with Crippen LogP contribution in [0.3, 0.4) is 0 Å². The Hall–Kier alpha value is -1.73. The lowest BCUT2D eigenvalue weighted by molar-refractivity contribution is 0.0162. The van der Waals surface area contributed by atoms with Crippen LogP contribution in [-0.2, 0) is 4.74 Å². The van der Waals surface area contributed by atoms with E-state index in [4.69, 9.17) is 9.47 Å². The van der Waals surface area contributed by atoms with Gasteiger partial charge < -0.3 is 14.8 Å². The average molecular weight is 447 g/mol. The van der Waals surface area contributed by atoms with E-state index in [1.165, 1.54) is 11.1 Å². The molecule has 1 fully saturated rings. The number of benzene rings is 2. The third kappa shape index (κ3) is 5.41. The van der Waals surface area contributed by atoms with E-state index in [1.54, 1.807) is 19.2 Å². The number of nitrogens with one attached hydrogen (secondary N) is 1. The molecule has 1 aliphatic rings.